The van der Waals surface area contributed by atoms with E-state index in [0.29, 0.717) is 11.0 Å². The number of ether oxygens (including phenoxy) is 1. The number of hydrogen-bond acceptors (Lipinski definition) is 5. The molecule has 0 spiro atoms. The van der Waals surface area contributed by atoms with E-state index in [4.69, 9.17) is 14.9 Å². The van der Waals surface area contributed by atoms with Crippen molar-refractivity contribution < 1.29 is 13.9 Å². The van der Waals surface area contributed by atoms with E-state index in [1.165, 1.54) is 0 Å². The molecule has 0 fully saturated rings. The number of hydrogen-bond donors (Lipinski definition) is 1. The fourth-order valence-electron chi connectivity index (χ4n) is 1.43. The summed E-state index contributed by atoms with van der Waals surface area (Å²) in [5, 5.41) is 0.433. The number of fused-ring (bicyclic) bond motifs is 1. The molecule has 0 aliphatic rings. The van der Waals surface area contributed by atoms with Crippen LogP contribution in [0, 0.1) is 0 Å². The third-order valence-electron chi connectivity index (χ3n) is 2.19. The Morgan fingerprint density at radius 3 is 2.88 bits per heavy atom. The highest BCUT2D eigenvalue weighted by atomic mass is 16.5. The number of carbonyl (C=O) groups excluding carboxylic acids is 1. The van der Waals surface area contributed by atoms with Crippen molar-refractivity contribution in [3.05, 3.63) is 46.3 Å². The molecule has 5 heteroatoms. The summed E-state index contributed by atoms with van der Waals surface area (Å²) >= 11 is 0. The van der Waals surface area contributed by atoms with E-state index in [2.05, 4.69) is 0 Å². The van der Waals surface area contributed by atoms with Gasteiger partial charge >= 0.3 is 5.97 Å². The van der Waals surface area contributed by atoms with Crippen LogP contribution in [0.5, 0.6) is 0 Å². The molecule has 0 saturated heterocycles. The van der Waals surface area contributed by atoms with Crippen molar-refractivity contribution in [3.63, 3.8) is 0 Å². The molecule has 1 heterocycles. The minimum atomic E-state index is -0.682. The third kappa shape index (κ3) is 2.34. The zero-order valence-corrected chi connectivity index (χ0v) is 9.01. The molecule has 0 aliphatic carbocycles. The Labute approximate surface area is 96.8 Å². The van der Waals surface area contributed by atoms with E-state index in [0.717, 1.165) is 6.07 Å². The molecule has 0 amide bonds. The summed E-state index contributed by atoms with van der Waals surface area (Å²) in [5.74, 6) is -0.791. The first-order chi connectivity index (χ1) is 8.22. The molecular formula is C12H11NO4. The maximum absolute atomic E-state index is 11.7. The molecule has 2 N–H and O–H groups in total. The Hall–Kier alpha value is -2.14. The second kappa shape index (κ2) is 4.80. The Kier molecular flexibility index (Phi) is 3.20. The van der Waals surface area contributed by atoms with Crippen LogP contribution in [0.4, 0.5) is 0 Å². The maximum atomic E-state index is 11.7. The van der Waals surface area contributed by atoms with E-state index < -0.39 is 5.97 Å². The van der Waals surface area contributed by atoms with E-state index in [9.17, 15) is 9.59 Å². The molecule has 0 radical (unpaired) electrons. The first-order valence-corrected chi connectivity index (χ1v) is 5.12. The van der Waals surface area contributed by atoms with Crippen molar-refractivity contribution in [1.82, 2.24) is 0 Å². The summed E-state index contributed by atoms with van der Waals surface area (Å²) in [6, 6.07) is 7.83. The average molecular weight is 233 g/mol. The van der Waals surface area contributed by atoms with Gasteiger partial charge in [-0.3, -0.25) is 4.79 Å². The molecule has 88 valence electrons. The largest absolute Gasteiger partial charge is 0.458 e. The number of para-hydroxylation sites is 1. The zero-order valence-electron chi connectivity index (χ0n) is 9.01. The SMILES string of the molecule is NCCOC(=O)c1cc(=O)c2ccccc2o1. The van der Waals surface area contributed by atoms with Crippen LogP contribution in [-0.2, 0) is 4.74 Å². The van der Waals surface area contributed by atoms with Crippen molar-refractivity contribution in [2.45, 2.75) is 0 Å². The molecule has 2 rings (SSSR count). The van der Waals surface area contributed by atoms with Crippen LogP contribution in [0.3, 0.4) is 0 Å². The first kappa shape index (κ1) is 11.3. The fourth-order valence-corrected chi connectivity index (χ4v) is 1.43. The molecule has 17 heavy (non-hydrogen) atoms. The van der Waals surface area contributed by atoms with Gasteiger partial charge in [-0.05, 0) is 12.1 Å². The van der Waals surface area contributed by atoms with Crippen molar-refractivity contribution in [3.8, 4) is 0 Å². The Bertz CT molecular complexity index is 603. The standard InChI is InChI=1S/C12H11NO4/c13-5-6-16-12(15)11-7-9(14)8-3-1-2-4-10(8)17-11/h1-4,7H,5-6,13H2. The minimum absolute atomic E-state index is 0.0926. The van der Waals surface area contributed by atoms with Gasteiger partial charge in [-0.1, -0.05) is 12.1 Å². The average Bonchev–Trinajstić information content (AvgIpc) is 2.36. The predicted octanol–water partition coefficient (Wildman–Crippen LogP) is 0.908. The molecule has 1 aromatic carbocycles. The number of esters is 1. The highest BCUT2D eigenvalue weighted by Crippen LogP contribution is 2.12. The monoisotopic (exact) mass is 233 g/mol. The maximum Gasteiger partial charge on any atom is 0.374 e. The van der Waals surface area contributed by atoms with Gasteiger partial charge in [0.1, 0.15) is 12.2 Å². The number of benzene rings is 1. The van der Waals surface area contributed by atoms with Gasteiger partial charge in [-0.15, -0.1) is 0 Å². The van der Waals surface area contributed by atoms with Crippen LogP contribution >= 0.6 is 0 Å². The minimum Gasteiger partial charge on any atom is -0.458 e. The van der Waals surface area contributed by atoms with Crippen LogP contribution in [0.1, 0.15) is 10.6 Å². The van der Waals surface area contributed by atoms with Gasteiger partial charge in [0, 0.05) is 12.6 Å². The fraction of sp³-hybridized carbons (Fsp3) is 0.167. The van der Waals surface area contributed by atoms with Crippen LogP contribution in [0.15, 0.2) is 39.5 Å². The van der Waals surface area contributed by atoms with Crippen LogP contribution < -0.4 is 11.2 Å². The highest BCUT2D eigenvalue weighted by Gasteiger charge is 2.12. The van der Waals surface area contributed by atoms with Crippen LogP contribution in [-0.4, -0.2) is 19.1 Å². The summed E-state index contributed by atoms with van der Waals surface area (Å²) in [4.78, 5) is 23.2. The Morgan fingerprint density at radius 2 is 2.12 bits per heavy atom. The lowest BCUT2D eigenvalue weighted by molar-refractivity contribution is 0.0481. The van der Waals surface area contributed by atoms with Crippen molar-refractivity contribution in [2.24, 2.45) is 5.73 Å². The van der Waals surface area contributed by atoms with Gasteiger partial charge < -0.3 is 14.9 Å². The smallest absolute Gasteiger partial charge is 0.374 e. The van der Waals surface area contributed by atoms with Gasteiger partial charge in [0.05, 0.1) is 5.39 Å². The second-order valence-corrected chi connectivity index (χ2v) is 3.40. The number of carbonyl (C=O) groups is 1. The molecular weight excluding hydrogens is 222 g/mol. The molecule has 0 aliphatic heterocycles. The van der Waals surface area contributed by atoms with E-state index in [1.807, 2.05) is 0 Å². The molecule has 1 aromatic heterocycles. The quantitative estimate of drug-likeness (QED) is 0.796. The van der Waals surface area contributed by atoms with Gasteiger partial charge in [0.2, 0.25) is 5.76 Å². The molecule has 0 saturated carbocycles. The molecule has 0 atom stereocenters. The van der Waals surface area contributed by atoms with Gasteiger partial charge in [0.25, 0.3) is 0 Å². The van der Waals surface area contributed by atoms with Crippen molar-refractivity contribution in [2.75, 3.05) is 13.2 Å². The molecule has 0 unspecified atom stereocenters. The zero-order chi connectivity index (χ0) is 12.3. The van der Waals surface area contributed by atoms with Crippen LogP contribution in [0.25, 0.3) is 11.0 Å². The summed E-state index contributed by atoms with van der Waals surface area (Å²) in [5.41, 5.74) is 5.29. The normalized spacial score (nSPS) is 10.4. The third-order valence-corrected chi connectivity index (χ3v) is 2.19. The highest BCUT2D eigenvalue weighted by molar-refractivity contribution is 5.88. The Morgan fingerprint density at radius 1 is 1.35 bits per heavy atom. The summed E-state index contributed by atoms with van der Waals surface area (Å²) in [6.07, 6.45) is 0. The topological polar surface area (TPSA) is 82.5 Å². The summed E-state index contributed by atoms with van der Waals surface area (Å²) in [6.45, 7) is 0.318. The molecule has 5 nitrogen and oxygen atoms in total. The van der Waals surface area contributed by atoms with E-state index in [1.54, 1.807) is 24.3 Å². The lowest BCUT2D eigenvalue weighted by atomic mass is 10.2. The van der Waals surface area contributed by atoms with Gasteiger partial charge in [-0.2, -0.15) is 0 Å². The second-order valence-electron chi connectivity index (χ2n) is 3.40. The van der Waals surface area contributed by atoms with E-state index >= 15 is 0 Å². The number of rotatable bonds is 3. The van der Waals surface area contributed by atoms with Crippen molar-refractivity contribution >= 4 is 16.9 Å². The van der Waals surface area contributed by atoms with Crippen LogP contribution in [0.2, 0.25) is 0 Å². The van der Waals surface area contributed by atoms with Gasteiger partial charge in [0.15, 0.2) is 5.43 Å². The Balaban J connectivity index is 2.43. The van der Waals surface area contributed by atoms with E-state index in [-0.39, 0.29) is 24.3 Å². The first-order valence-electron chi connectivity index (χ1n) is 5.12. The summed E-state index contributed by atoms with van der Waals surface area (Å²) < 4.78 is 10.1. The lowest BCUT2D eigenvalue weighted by Gasteiger charge is -2.03. The molecule has 2 aromatic rings. The lowest BCUT2D eigenvalue weighted by Crippen LogP contribution is -2.15. The number of nitrogens with two attached hydrogens (primary N) is 1. The van der Waals surface area contributed by atoms with Crippen molar-refractivity contribution in [1.29, 1.82) is 0 Å². The summed E-state index contributed by atoms with van der Waals surface area (Å²) in [7, 11) is 0. The van der Waals surface area contributed by atoms with Gasteiger partial charge in [-0.25, -0.2) is 4.79 Å². The molecule has 0 bridgehead atoms. The predicted molar refractivity (Wildman–Crippen MR) is 61.8 cm³/mol.